The largest absolute Gasteiger partial charge is 0.113 e. The Morgan fingerprint density at radius 3 is 2.15 bits per heavy atom. The third-order valence-corrected chi connectivity index (χ3v) is 4.71. The maximum Gasteiger partial charge on any atom is 0.0850 e. The minimum atomic E-state index is -0.285. The van der Waals surface area contributed by atoms with E-state index in [0.717, 1.165) is 17.5 Å². The van der Waals surface area contributed by atoms with Gasteiger partial charge in [-0.25, -0.2) is 0 Å². The van der Waals surface area contributed by atoms with E-state index in [1.165, 1.54) is 5.56 Å². The molecule has 0 aliphatic heterocycles. The van der Waals surface area contributed by atoms with Crippen LogP contribution in [0.2, 0.25) is 10.0 Å². The average molecular weight is 328 g/mol. The van der Waals surface area contributed by atoms with Crippen molar-refractivity contribution in [3.05, 3.63) is 69.2 Å². The number of halogens is 3. The second-order valence-electron chi connectivity index (χ2n) is 5.00. The normalized spacial score (nSPS) is 14.1. The van der Waals surface area contributed by atoms with Crippen molar-refractivity contribution in [2.75, 3.05) is 0 Å². The first kappa shape index (κ1) is 15.7. The van der Waals surface area contributed by atoms with E-state index in [4.69, 9.17) is 34.8 Å². The Kier molecular flexibility index (Phi) is 5.37. The summed E-state index contributed by atoms with van der Waals surface area (Å²) >= 11 is 18.8. The van der Waals surface area contributed by atoms with Crippen LogP contribution in [0.1, 0.15) is 48.3 Å². The second-order valence-corrected chi connectivity index (χ2v) is 6.28. The van der Waals surface area contributed by atoms with Crippen LogP contribution in [0.5, 0.6) is 0 Å². The first-order valence-electron chi connectivity index (χ1n) is 6.71. The molecule has 0 spiro atoms. The maximum atomic E-state index is 6.53. The zero-order chi connectivity index (χ0) is 14.7. The smallest absolute Gasteiger partial charge is 0.0850 e. The van der Waals surface area contributed by atoms with Crippen LogP contribution in [-0.4, -0.2) is 0 Å². The van der Waals surface area contributed by atoms with E-state index in [1.807, 2.05) is 6.07 Å². The number of benzene rings is 2. The van der Waals surface area contributed by atoms with E-state index in [2.05, 4.69) is 38.1 Å². The van der Waals surface area contributed by atoms with Gasteiger partial charge < -0.3 is 0 Å². The molecule has 0 amide bonds. The van der Waals surface area contributed by atoms with Crippen LogP contribution < -0.4 is 0 Å². The van der Waals surface area contributed by atoms with Gasteiger partial charge in [0.1, 0.15) is 0 Å². The lowest BCUT2D eigenvalue weighted by atomic mass is 9.96. The van der Waals surface area contributed by atoms with E-state index in [-0.39, 0.29) is 5.38 Å². The van der Waals surface area contributed by atoms with Crippen LogP contribution in [0.4, 0.5) is 0 Å². The molecule has 0 aliphatic carbocycles. The second kappa shape index (κ2) is 6.85. The molecule has 2 atom stereocenters. The fourth-order valence-corrected chi connectivity index (χ4v) is 2.91. The molecule has 0 fully saturated rings. The van der Waals surface area contributed by atoms with Gasteiger partial charge in [0.2, 0.25) is 0 Å². The highest BCUT2D eigenvalue weighted by Crippen LogP contribution is 2.35. The van der Waals surface area contributed by atoms with Gasteiger partial charge in [0, 0.05) is 10.0 Å². The van der Waals surface area contributed by atoms with Gasteiger partial charge in [0.15, 0.2) is 0 Å². The molecule has 0 saturated carbocycles. The fourth-order valence-electron chi connectivity index (χ4n) is 2.12. The Labute approximate surface area is 135 Å². The van der Waals surface area contributed by atoms with Gasteiger partial charge in [-0.15, -0.1) is 11.6 Å². The summed E-state index contributed by atoms with van der Waals surface area (Å²) in [6, 6.07) is 13.8. The Morgan fingerprint density at radius 2 is 1.55 bits per heavy atom. The van der Waals surface area contributed by atoms with Gasteiger partial charge in [-0.3, -0.25) is 0 Å². The van der Waals surface area contributed by atoms with Gasteiger partial charge in [-0.1, -0.05) is 61.3 Å². The third-order valence-electron chi connectivity index (χ3n) is 3.64. The summed E-state index contributed by atoms with van der Waals surface area (Å²) in [4.78, 5) is 0. The van der Waals surface area contributed by atoms with Gasteiger partial charge >= 0.3 is 0 Å². The number of hydrogen-bond acceptors (Lipinski definition) is 0. The van der Waals surface area contributed by atoms with E-state index in [9.17, 15) is 0 Å². The highest BCUT2D eigenvalue weighted by Gasteiger charge is 2.15. The summed E-state index contributed by atoms with van der Waals surface area (Å²) in [6.07, 6.45) is 1.13. The van der Waals surface area contributed by atoms with Crippen molar-refractivity contribution in [3.8, 4) is 0 Å². The monoisotopic (exact) mass is 326 g/mol. The highest BCUT2D eigenvalue weighted by molar-refractivity contribution is 6.35. The van der Waals surface area contributed by atoms with Gasteiger partial charge in [-0.05, 0) is 47.2 Å². The van der Waals surface area contributed by atoms with Crippen molar-refractivity contribution >= 4 is 34.8 Å². The Hall–Kier alpha value is -0.690. The Morgan fingerprint density at radius 1 is 0.950 bits per heavy atom. The van der Waals surface area contributed by atoms with Gasteiger partial charge in [-0.2, -0.15) is 0 Å². The van der Waals surface area contributed by atoms with Gasteiger partial charge in [0.05, 0.1) is 5.38 Å². The lowest BCUT2D eigenvalue weighted by Crippen LogP contribution is -1.96. The van der Waals surface area contributed by atoms with Crippen LogP contribution in [0.3, 0.4) is 0 Å². The summed E-state index contributed by atoms with van der Waals surface area (Å²) in [7, 11) is 0. The van der Waals surface area contributed by atoms with E-state index in [1.54, 1.807) is 12.1 Å². The van der Waals surface area contributed by atoms with Crippen molar-refractivity contribution in [2.45, 2.75) is 31.6 Å². The molecule has 2 unspecified atom stereocenters. The topological polar surface area (TPSA) is 0 Å². The SMILES string of the molecule is CCC(C)c1ccc(C(Cl)c2cc(Cl)ccc2Cl)cc1. The molecule has 0 aliphatic rings. The molecule has 3 heteroatoms. The number of alkyl halides is 1. The third kappa shape index (κ3) is 3.49. The van der Waals surface area contributed by atoms with Crippen LogP contribution in [-0.2, 0) is 0 Å². The van der Waals surface area contributed by atoms with Crippen molar-refractivity contribution in [3.63, 3.8) is 0 Å². The molecule has 20 heavy (non-hydrogen) atoms. The predicted molar refractivity (Wildman–Crippen MR) is 89.3 cm³/mol. The standard InChI is InChI=1S/C17H17Cl3/c1-3-11(2)12-4-6-13(7-5-12)17(20)15-10-14(18)8-9-16(15)19/h4-11,17H,3H2,1-2H3. The molecule has 0 aromatic heterocycles. The quantitative estimate of drug-likeness (QED) is 0.539. The van der Waals surface area contributed by atoms with E-state index >= 15 is 0 Å². The average Bonchev–Trinajstić information content (AvgIpc) is 2.48. The molecule has 0 N–H and O–H groups in total. The fraction of sp³-hybridized carbons (Fsp3) is 0.294. The molecule has 106 valence electrons. The molecule has 2 rings (SSSR count). The summed E-state index contributed by atoms with van der Waals surface area (Å²) in [6.45, 7) is 4.41. The van der Waals surface area contributed by atoms with Crippen molar-refractivity contribution in [2.24, 2.45) is 0 Å². The zero-order valence-electron chi connectivity index (χ0n) is 11.5. The minimum Gasteiger partial charge on any atom is -0.113 e. The van der Waals surface area contributed by atoms with Crippen molar-refractivity contribution in [1.82, 2.24) is 0 Å². The molecular formula is C17H17Cl3. The predicted octanol–water partition coefficient (Wildman–Crippen LogP) is 6.84. The van der Waals surface area contributed by atoms with E-state index in [0.29, 0.717) is 16.0 Å². The number of rotatable bonds is 4. The van der Waals surface area contributed by atoms with Crippen LogP contribution in [0.15, 0.2) is 42.5 Å². The summed E-state index contributed by atoms with van der Waals surface area (Å²) in [5.41, 5.74) is 3.21. The molecule has 0 heterocycles. The van der Waals surface area contributed by atoms with Crippen LogP contribution in [0.25, 0.3) is 0 Å². The Balaban J connectivity index is 2.29. The first-order valence-corrected chi connectivity index (χ1v) is 7.91. The molecule has 0 bridgehead atoms. The molecule has 2 aromatic carbocycles. The molecule has 2 aromatic rings. The lowest BCUT2D eigenvalue weighted by molar-refractivity contribution is 0.733. The number of hydrogen-bond donors (Lipinski definition) is 0. The van der Waals surface area contributed by atoms with E-state index < -0.39 is 0 Å². The maximum absolute atomic E-state index is 6.53. The highest BCUT2D eigenvalue weighted by atomic mass is 35.5. The summed E-state index contributed by atoms with van der Waals surface area (Å²) in [5, 5.41) is 0.999. The lowest BCUT2D eigenvalue weighted by Gasteiger charge is -2.15. The van der Waals surface area contributed by atoms with Gasteiger partial charge in [0.25, 0.3) is 0 Å². The Bertz CT molecular complexity index is 575. The molecular weight excluding hydrogens is 311 g/mol. The minimum absolute atomic E-state index is 0.285. The summed E-state index contributed by atoms with van der Waals surface area (Å²) in [5.74, 6) is 0.563. The molecule has 0 radical (unpaired) electrons. The van der Waals surface area contributed by atoms with Crippen molar-refractivity contribution < 1.29 is 0 Å². The molecule has 0 saturated heterocycles. The first-order chi connectivity index (χ1) is 9.52. The molecule has 0 nitrogen and oxygen atoms in total. The van der Waals surface area contributed by atoms with Crippen molar-refractivity contribution in [1.29, 1.82) is 0 Å². The van der Waals surface area contributed by atoms with Crippen LogP contribution >= 0.6 is 34.8 Å². The summed E-state index contributed by atoms with van der Waals surface area (Å²) < 4.78 is 0. The zero-order valence-corrected chi connectivity index (χ0v) is 13.8. The van der Waals surface area contributed by atoms with Crippen LogP contribution in [0, 0.1) is 0 Å².